The molecule has 0 heterocycles. The van der Waals surface area contributed by atoms with E-state index in [-0.39, 0.29) is 12.0 Å². The zero-order chi connectivity index (χ0) is 12.0. The molecule has 1 N–H and O–H groups in total. The first-order chi connectivity index (χ1) is 6.86. The number of hydrogen-bond acceptors (Lipinski definition) is 3. The molecular formula is C11H24N2O2. The molecule has 2 unspecified atom stereocenters. The van der Waals surface area contributed by atoms with E-state index in [1.807, 2.05) is 28.1 Å². The third kappa shape index (κ3) is 5.74. The van der Waals surface area contributed by atoms with Crippen LogP contribution in [0.1, 0.15) is 20.3 Å². The van der Waals surface area contributed by atoms with Gasteiger partial charge in [0.1, 0.15) is 0 Å². The predicted molar refractivity (Wildman–Crippen MR) is 62.1 cm³/mol. The number of rotatable bonds is 7. The van der Waals surface area contributed by atoms with Gasteiger partial charge in [-0.05, 0) is 47.6 Å². The number of carboxylic acid groups (broad SMARTS) is 1. The Morgan fingerprint density at radius 3 is 2.13 bits per heavy atom. The fourth-order valence-electron chi connectivity index (χ4n) is 1.43. The summed E-state index contributed by atoms with van der Waals surface area (Å²) in [6, 6.07) is 0.0877. The van der Waals surface area contributed by atoms with Gasteiger partial charge < -0.3 is 14.9 Å². The highest BCUT2D eigenvalue weighted by Gasteiger charge is 2.22. The first-order valence-electron chi connectivity index (χ1n) is 5.44. The summed E-state index contributed by atoms with van der Waals surface area (Å²) in [7, 11) is 6.08. The van der Waals surface area contributed by atoms with Crippen LogP contribution in [-0.2, 0) is 4.79 Å². The van der Waals surface area contributed by atoms with Crippen LogP contribution < -0.4 is 0 Å². The van der Waals surface area contributed by atoms with E-state index in [0.29, 0.717) is 0 Å². The lowest BCUT2D eigenvalue weighted by Gasteiger charge is -2.27. The highest BCUT2D eigenvalue weighted by Crippen LogP contribution is 2.09. The van der Waals surface area contributed by atoms with Gasteiger partial charge in [0.25, 0.3) is 0 Å². The molecule has 0 radical (unpaired) electrons. The molecule has 0 aromatic rings. The summed E-state index contributed by atoms with van der Waals surface area (Å²) in [6.07, 6.45) is 1.07. The second-order valence-corrected chi connectivity index (χ2v) is 4.50. The van der Waals surface area contributed by atoms with Crippen molar-refractivity contribution >= 4 is 5.97 Å². The fraction of sp³-hybridized carbons (Fsp3) is 0.909. The van der Waals surface area contributed by atoms with Crippen LogP contribution >= 0.6 is 0 Å². The van der Waals surface area contributed by atoms with Gasteiger partial charge in [-0.15, -0.1) is 0 Å². The summed E-state index contributed by atoms with van der Waals surface area (Å²) in [6.45, 7) is 5.71. The maximum atomic E-state index is 10.8. The maximum absolute atomic E-state index is 10.8. The Labute approximate surface area is 92.9 Å². The summed E-state index contributed by atoms with van der Waals surface area (Å²) < 4.78 is 0. The van der Waals surface area contributed by atoms with Gasteiger partial charge in [-0.3, -0.25) is 4.79 Å². The molecule has 2 atom stereocenters. The van der Waals surface area contributed by atoms with Crippen molar-refractivity contribution in [3.8, 4) is 0 Å². The Morgan fingerprint density at radius 2 is 1.73 bits per heavy atom. The van der Waals surface area contributed by atoms with Crippen LogP contribution in [-0.4, -0.2) is 61.2 Å². The summed E-state index contributed by atoms with van der Waals surface area (Å²) in [5.74, 6) is -1.03. The van der Waals surface area contributed by atoms with Crippen LogP contribution in [0.2, 0.25) is 0 Å². The van der Waals surface area contributed by atoms with Gasteiger partial charge in [0.15, 0.2) is 0 Å². The minimum absolute atomic E-state index is 0.0877. The molecule has 0 bridgehead atoms. The Hall–Kier alpha value is -0.610. The Balaban J connectivity index is 3.88. The van der Waals surface area contributed by atoms with Gasteiger partial charge in [0, 0.05) is 6.04 Å². The van der Waals surface area contributed by atoms with Gasteiger partial charge in [-0.25, -0.2) is 0 Å². The molecule has 0 aromatic heterocycles. The van der Waals surface area contributed by atoms with Crippen molar-refractivity contribution in [1.82, 2.24) is 9.80 Å². The summed E-state index contributed by atoms with van der Waals surface area (Å²) in [5.41, 5.74) is 0. The van der Waals surface area contributed by atoms with Crippen molar-refractivity contribution in [2.75, 3.05) is 34.2 Å². The summed E-state index contributed by atoms with van der Waals surface area (Å²) in [5, 5.41) is 8.88. The van der Waals surface area contributed by atoms with E-state index < -0.39 is 5.97 Å². The molecule has 0 amide bonds. The first-order valence-corrected chi connectivity index (χ1v) is 5.44. The highest BCUT2D eigenvalue weighted by molar-refractivity contribution is 5.70. The van der Waals surface area contributed by atoms with Crippen molar-refractivity contribution in [3.05, 3.63) is 0 Å². The van der Waals surface area contributed by atoms with Crippen LogP contribution in [0, 0.1) is 5.92 Å². The zero-order valence-corrected chi connectivity index (χ0v) is 10.5. The van der Waals surface area contributed by atoms with Gasteiger partial charge in [-0.1, -0.05) is 6.92 Å². The average molecular weight is 216 g/mol. The molecule has 0 aliphatic rings. The topological polar surface area (TPSA) is 43.8 Å². The van der Waals surface area contributed by atoms with E-state index in [4.69, 9.17) is 5.11 Å². The van der Waals surface area contributed by atoms with Crippen LogP contribution in [0.25, 0.3) is 0 Å². The second-order valence-electron chi connectivity index (χ2n) is 4.50. The maximum Gasteiger partial charge on any atom is 0.307 e. The molecule has 4 heteroatoms. The Bertz CT molecular complexity index is 195. The van der Waals surface area contributed by atoms with Crippen molar-refractivity contribution in [2.45, 2.75) is 26.3 Å². The zero-order valence-electron chi connectivity index (χ0n) is 10.5. The minimum atomic E-state index is -0.720. The molecule has 90 valence electrons. The summed E-state index contributed by atoms with van der Waals surface area (Å²) in [4.78, 5) is 15.0. The molecule has 0 aliphatic carbocycles. The molecular weight excluding hydrogens is 192 g/mol. The first kappa shape index (κ1) is 14.4. The minimum Gasteiger partial charge on any atom is -0.481 e. The van der Waals surface area contributed by atoms with Crippen molar-refractivity contribution in [3.63, 3.8) is 0 Å². The smallest absolute Gasteiger partial charge is 0.307 e. The number of carboxylic acids is 1. The van der Waals surface area contributed by atoms with E-state index in [2.05, 4.69) is 9.80 Å². The molecule has 0 spiro atoms. The van der Waals surface area contributed by atoms with E-state index >= 15 is 0 Å². The lowest BCUT2D eigenvalue weighted by atomic mass is 10.0. The Kier molecular flexibility index (Phi) is 6.52. The SMILES string of the molecule is CC(C(=O)O)C(C)N(C)CCCN(C)C. The van der Waals surface area contributed by atoms with Gasteiger partial charge >= 0.3 is 5.97 Å². The molecule has 0 saturated carbocycles. The van der Waals surface area contributed by atoms with Gasteiger partial charge in [-0.2, -0.15) is 0 Å². The number of carbonyl (C=O) groups is 1. The van der Waals surface area contributed by atoms with Crippen LogP contribution in [0.5, 0.6) is 0 Å². The Morgan fingerprint density at radius 1 is 1.20 bits per heavy atom. The molecule has 0 rings (SSSR count). The summed E-state index contributed by atoms with van der Waals surface area (Å²) >= 11 is 0. The molecule has 0 aliphatic heterocycles. The van der Waals surface area contributed by atoms with Crippen molar-refractivity contribution < 1.29 is 9.90 Å². The standard InChI is InChI=1S/C11H24N2O2/c1-9(11(14)15)10(2)13(5)8-6-7-12(3)4/h9-10H,6-8H2,1-5H3,(H,14,15). The fourth-order valence-corrected chi connectivity index (χ4v) is 1.43. The predicted octanol–water partition coefficient (Wildman–Crippen LogP) is 0.979. The van der Waals surface area contributed by atoms with Crippen molar-refractivity contribution in [1.29, 1.82) is 0 Å². The highest BCUT2D eigenvalue weighted by atomic mass is 16.4. The molecule has 4 nitrogen and oxygen atoms in total. The number of nitrogens with zero attached hydrogens (tertiary/aromatic N) is 2. The van der Waals surface area contributed by atoms with E-state index in [1.165, 1.54) is 0 Å². The average Bonchev–Trinajstić information content (AvgIpc) is 2.14. The number of hydrogen-bond donors (Lipinski definition) is 1. The van der Waals surface area contributed by atoms with E-state index in [1.54, 1.807) is 6.92 Å². The lowest BCUT2D eigenvalue weighted by Crippen LogP contribution is -2.39. The van der Waals surface area contributed by atoms with Gasteiger partial charge in [0.2, 0.25) is 0 Å². The molecule has 15 heavy (non-hydrogen) atoms. The van der Waals surface area contributed by atoms with Gasteiger partial charge in [0.05, 0.1) is 5.92 Å². The largest absolute Gasteiger partial charge is 0.481 e. The molecule has 0 fully saturated rings. The van der Waals surface area contributed by atoms with Crippen LogP contribution in [0.3, 0.4) is 0 Å². The van der Waals surface area contributed by atoms with Crippen LogP contribution in [0.4, 0.5) is 0 Å². The van der Waals surface area contributed by atoms with E-state index in [9.17, 15) is 4.79 Å². The lowest BCUT2D eigenvalue weighted by molar-refractivity contribution is -0.143. The van der Waals surface area contributed by atoms with Crippen molar-refractivity contribution in [2.24, 2.45) is 5.92 Å². The van der Waals surface area contributed by atoms with E-state index in [0.717, 1.165) is 19.5 Å². The third-order valence-electron chi connectivity index (χ3n) is 2.92. The van der Waals surface area contributed by atoms with Crippen LogP contribution in [0.15, 0.2) is 0 Å². The normalized spacial score (nSPS) is 15.7. The third-order valence-corrected chi connectivity index (χ3v) is 2.92. The monoisotopic (exact) mass is 216 g/mol. The number of aliphatic carboxylic acids is 1. The molecule has 0 aromatic carbocycles. The second kappa shape index (κ2) is 6.80. The quantitative estimate of drug-likeness (QED) is 0.689. The molecule has 0 saturated heterocycles.